The number of hydrogen-bond acceptors (Lipinski definition) is 3. The van der Waals surface area contributed by atoms with E-state index in [-0.39, 0.29) is 23.8 Å². The zero-order valence-electron chi connectivity index (χ0n) is 12.2. The molecule has 1 aliphatic carbocycles. The normalized spacial score (nSPS) is 32.6. The third kappa shape index (κ3) is 2.76. The van der Waals surface area contributed by atoms with Crippen molar-refractivity contribution >= 4 is 11.7 Å². The molecule has 2 saturated heterocycles. The first-order valence-corrected chi connectivity index (χ1v) is 8.18. The summed E-state index contributed by atoms with van der Waals surface area (Å²) in [6.45, 7) is 2.26. The molecule has 1 saturated carbocycles. The van der Waals surface area contributed by atoms with E-state index in [0.717, 1.165) is 57.9 Å². The van der Waals surface area contributed by atoms with Crippen molar-refractivity contribution in [3.8, 4) is 0 Å². The quantitative estimate of drug-likeness (QED) is 0.778. The number of nitrogens with zero attached hydrogens (tertiary/aromatic N) is 1. The second-order valence-electron chi connectivity index (χ2n) is 6.45. The number of likely N-dealkylation sites (tertiary alicyclic amines) is 1. The lowest BCUT2D eigenvalue weighted by Crippen LogP contribution is -2.46. The van der Waals surface area contributed by atoms with Crippen LogP contribution in [0.2, 0.25) is 0 Å². The summed E-state index contributed by atoms with van der Waals surface area (Å²) >= 11 is 0. The number of carbonyl (C=O) groups is 2. The number of ketones is 1. The van der Waals surface area contributed by atoms with Gasteiger partial charge < -0.3 is 9.64 Å². The van der Waals surface area contributed by atoms with Crippen molar-refractivity contribution in [2.45, 2.75) is 57.4 Å². The van der Waals surface area contributed by atoms with Crippen molar-refractivity contribution in [3.05, 3.63) is 0 Å². The fourth-order valence-electron chi connectivity index (χ4n) is 4.08. The molecular weight excluding hydrogens is 254 g/mol. The topological polar surface area (TPSA) is 46.6 Å². The van der Waals surface area contributed by atoms with Crippen LogP contribution in [-0.4, -0.2) is 42.4 Å². The van der Waals surface area contributed by atoms with Crippen LogP contribution >= 0.6 is 0 Å². The summed E-state index contributed by atoms with van der Waals surface area (Å²) in [6, 6.07) is 0.193. The minimum Gasteiger partial charge on any atom is -0.381 e. The summed E-state index contributed by atoms with van der Waals surface area (Å²) in [4.78, 5) is 26.9. The van der Waals surface area contributed by atoms with E-state index in [1.165, 1.54) is 0 Å². The van der Waals surface area contributed by atoms with Gasteiger partial charge in [-0.2, -0.15) is 0 Å². The van der Waals surface area contributed by atoms with Gasteiger partial charge in [0.1, 0.15) is 5.78 Å². The zero-order valence-corrected chi connectivity index (χ0v) is 12.2. The van der Waals surface area contributed by atoms with Gasteiger partial charge >= 0.3 is 0 Å². The Kier molecular flexibility index (Phi) is 4.39. The van der Waals surface area contributed by atoms with Crippen molar-refractivity contribution in [2.24, 2.45) is 11.8 Å². The molecule has 2 heterocycles. The van der Waals surface area contributed by atoms with Crippen LogP contribution in [0, 0.1) is 11.8 Å². The van der Waals surface area contributed by atoms with Gasteiger partial charge in [0, 0.05) is 44.1 Å². The van der Waals surface area contributed by atoms with Gasteiger partial charge in [0.25, 0.3) is 0 Å². The molecule has 4 heteroatoms. The lowest BCUT2D eigenvalue weighted by Gasteiger charge is -2.35. The predicted octanol–water partition coefficient (Wildman–Crippen LogP) is 2.16. The minimum atomic E-state index is 0.120. The van der Waals surface area contributed by atoms with Crippen molar-refractivity contribution in [1.82, 2.24) is 4.90 Å². The summed E-state index contributed by atoms with van der Waals surface area (Å²) in [6.07, 6.45) is 7.67. The molecule has 0 bridgehead atoms. The molecule has 0 N–H and O–H groups in total. The third-order valence-electron chi connectivity index (χ3n) is 5.22. The molecule has 4 nitrogen and oxygen atoms in total. The standard InChI is InChI=1S/C16H25NO3/c18-15-6-2-1-4-13(15)14-5-3-9-17(14)16(19)12-7-10-20-11-8-12/h12-14H,1-11H2. The maximum atomic E-state index is 12.7. The maximum absolute atomic E-state index is 12.7. The van der Waals surface area contributed by atoms with Gasteiger partial charge in [-0.05, 0) is 38.5 Å². The highest BCUT2D eigenvalue weighted by molar-refractivity contribution is 5.84. The number of amides is 1. The summed E-state index contributed by atoms with van der Waals surface area (Å²) in [7, 11) is 0. The van der Waals surface area contributed by atoms with E-state index in [0.29, 0.717) is 19.0 Å². The summed E-state index contributed by atoms with van der Waals surface area (Å²) in [5, 5.41) is 0. The average Bonchev–Trinajstić information content (AvgIpc) is 2.97. The highest BCUT2D eigenvalue weighted by Gasteiger charge is 2.40. The van der Waals surface area contributed by atoms with Gasteiger partial charge in [0.15, 0.2) is 0 Å². The molecule has 112 valence electrons. The Hall–Kier alpha value is -0.900. The Morgan fingerprint density at radius 2 is 1.85 bits per heavy atom. The van der Waals surface area contributed by atoms with Crippen molar-refractivity contribution in [2.75, 3.05) is 19.8 Å². The second kappa shape index (κ2) is 6.25. The second-order valence-corrected chi connectivity index (χ2v) is 6.45. The first-order chi connectivity index (χ1) is 9.77. The molecule has 3 rings (SSSR count). The number of hydrogen-bond donors (Lipinski definition) is 0. The average molecular weight is 279 g/mol. The van der Waals surface area contributed by atoms with Crippen LogP contribution in [0.5, 0.6) is 0 Å². The van der Waals surface area contributed by atoms with Gasteiger partial charge in [-0.3, -0.25) is 9.59 Å². The smallest absolute Gasteiger partial charge is 0.226 e. The van der Waals surface area contributed by atoms with Gasteiger partial charge in [0.2, 0.25) is 5.91 Å². The van der Waals surface area contributed by atoms with Crippen molar-refractivity contribution in [1.29, 1.82) is 0 Å². The van der Waals surface area contributed by atoms with E-state index >= 15 is 0 Å². The lowest BCUT2D eigenvalue weighted by atomic mass is 9.81. The maximum Gasteiger partial charge on any atom is 0.226 e. The summed E-state index contributed by atoms with van der Waals surface area (Å²) in [5.41, 5.74) is 0. The van der Waals surface area contributed by atoms with Crippen LogP contribution in [0.25, 0.3) is 0 Å². The van der Waals surface area contributed by atoms with Crippen LogP contribution < -0.4 is 0 Å². The van der Waals surface area contributed by atoms with Crippen LogP contribution in [-0.2, 0) is 14.3 Å². The Morgan fingerprint density at radius 3 is 2.60 bits per heavy atom. The predicted molar refractivity (Wildman–Crippen MR) is 75.2 cm³/mol. The van der Waals surface area contributed by atoms with E-state index < -0.39 is 0 Å². The first-order valence-electron chi connectivity index (χ1n) is 8.18. The molecule has 2 unspecified atom stereocenters. The summed E-state index contributed by atoms with van der Waals surface area (Å²) < 4.78 is 5.35. The molecule has 2 atom stereocenters. The van der Waals surface area contributed by atoms with Gasteiger partial charge in [-0.25, -0.2) is 0 Å². The fraction of sp³-hybridized carbons (Fsp3) is 0.875. The molecule has 0 aromatic rings. The number of ether oxygens (including phenoxy) is 1. The minimum absolute atomic E-state index is 0.120. The molecule has 0 radical (unpaired) electrons. The molecule has 1 amide bonds. The number of carbonyl (C=O) groups excluding carboxylic acids is 2. The first kappa shape index (κ1) is 14.1. The van der Waals surface area contributed by atoms with E-state index in [1.54, 1.807) is 0 Å². The van der Waals surface area contributed by atoms with Crippen LogP contribution in [0.4, 0.5) is 0 Å². The van der Waals surface area contributed by atoms with Gasteiger partial charge in [-0.15, -0.1) is 0 Å². The third-order valence-corrected chi connectivity index (χ3v) is 5.22. The Labute approximate surface area is 120 Å². The number of rotatable bonds is 2. The van der Waals surface area contributed by atoms with Gasteiger partial charge in [-0.1, -0.05) is 6.42 Å². The molecule has 0 aromatic heterocycles. The van der Waals surface area contributed by atoms with Crippen molar-refractivity contribution in [3.63, 3.8) is 0 Å². The SMILES string of the molecule is O=C1CCCCC1C1CCCN1C(=O)C1CCOCC1. The molecule has 3 fully saturated rings. The van der Waals surface area contributed by atoms with E-state index in [2.05, 4.69) is 0 Å². The van der Waals surface area contributed by atoms with Gasteiger partial charge in [0.05, 0.1) is 0 Å². The highest BCUT2D eigenvalue weighted by Crippen LogP contribution is 2.34. The lowest BCUT2D eigenvalue weighted by molar-refractivity contribution is -0.142. The summed E-state index contributed by atoms with van der Waals surface area (Å²) in [5.74, 6) is 0.931. The van der Waals surface area contributed by atoms with E-state index in [4.69, 9.17) is 4.74 Å². The molecule has 0 spiro atoms. The Bertz CT molecular complexity index is 376. The molecule has 20 heavy (non-hydrogen) atoms. The van der Waals surface area contributed by atoms with Crippen molar-refractivity contribution < 1.29 is 14.3 Å². The number of Topliss-reactive ketones (excluding diaryl/α,β-unsaturated/α-hetero) is 1. The molecule has 3 aliphatic rings. The zero-order chi connectivity index (χ0) is 13.9. The van der Waals surface area contributed by atoms with E-state index in [9.17, 15) is 9.59 Å². The van der Waals surface area contributed by atoms with Crippen LogP contribution in [0.15, 0.2) is 0 Å². The largest absolute Gasteiger partial charge is 0.381 e. The Balaban J connectivity index is 1.68. The van der Waals surface area contributed by atoms with Crippen LogP contribution in [0.3, 0.4) is 0 Å². The highest BCUT2D eigenvalue weighted by atomic mass is 16.5. The van der Waals surface area contributed by atoms with E-state index in [1.807, 2.05) is 4.90 Å². The fourth-order valence-corrected chi connectivity index (χ4v) is 4.08. The monoisotopic (exact) mass is 279 g/mol. The van der Waals surface area contributed by atoms with Crippen LogP contribution in [0.1, 0.15) is 51.4 Å². The molecular formula is C16H25NO3. The molecule has 2 aliphatic heterocycles. The Morgan fingerprint density at radius 1 is 1.05 bits per heavy atom. The molecule has 0 aromatic carbocycles.